The lowest BCUT2D eigenvalue weighted by molar-refractivity contribution is -0.130. The topological polar surface area (TPSA) is 70.5 Å². The van der Waals surface area contributed by atoms with E-state index in [4.69, 9.17) is 0 Å². The smallest absolute Gasteiger partial charge is 0.290 e. The molecule has 2 aromatic heterocycles. The van der Waals surface area contributed by atoms with Gasteiger partial charge in [-0.15, -0.1) is 22.7 Å². The number of amides is 1. The Kier molecular flexibility index (Phi) is 4.87. The summed E-state index contributed by atoms with van der Waals surface area (Å²) in [6.45, 7) is 3.91. The Hall–Kier alpha value is -2.77. The van der Waals surface area contributed by atoms with Gasteiger partial charge >= 0.3 is 0 Å². The third-order valence-electron chi connectivity index (χ3n) is 4.67. The number of aliphatic hydroxyl groups is 1. The first kappa shape index (κ1) is 18.6. The van der Waals surface area contributed by atoms with Crippen LogP contribution in [0.4, 0.5) is 0 Å². The number of ketones is 1. The summed E-state index contributed by atoms with van der Waals surface area (Å²) in [4.78, 5) is 33.4. The molecule has 3 heterocycles. The SMILES string of the molecule is Cc1nc(C)c(C(=O)C2=C(O)C(=O)N(Cc3ccccc3)C2c2cccs2)s1. The Balaban J connectivity index is 1.78. The van der Waals surface area contributed by atoms with Gasteiger partial charge < -0.3 is 10.0 Å². The molecule has 7 heteroatoms. The predicted octanol–water partition coefficient (Wildman–Crippen LogP) is 4.60. The summed E-state index contributed by atoms with van der Waals surface area (Å²) in [5.41, 5.74) is 1.69. The minimum absolute atomic E-state index is 0.134. The number of nitrogens with zero attached hydrogens (tertiary/aromatic N) is 2. The Morgan fingerprint density at radius 1 is 1.18 bits per heavy atom. The van der Waals surface area contributed by atoms with Gasteiger partial charge in [-0.25, -0.2) is 4.98 Å². The van der Waals surface area contributed by atoms with E-state index in [1.165, 1.54) is 22.7 Å². The number of thiazole rings is 1. The number of hydrogen-bond acceptors (Lipinski definition) is 6. The molecule has 0 radical (unpaired) electrons. The molecule has 142 valence electrons. The Morgan fingerprint density at radius 2 is 1.93 bits per heavy atom. The number of carbonyl (C=O) groups excluding carboxylic acids is 2. The number of aliphatic hydroxyl groups excluding tert-OH is 1. The van der Waals surface area contributed by atoms with Gasteiger partial charge in [-0.2, -0.15) is 0 Å². The second-order valence-electron chi connectivity index (χ2n) is 6.58. The summed E-state index contributed by atoms with van der Waals surface area (Å²) in [6, 6.07) is 12.7. The number of rotatable bonds is 5. The molecule has 28 heavy (non-hydrogen) atoms. The van der Waals surface area contributed by atoms with Gasteiger partial charge in [0.05, 0.1) is 21.2 Å². The second-order valence-corrected chi connectivity index (χ2v) is 8.76. The summed E-state index contributed by atoms with van der Waals surface area (Å²) in [6.07, 6.45) is 0. The number of aromatic nitrogens is 1. The number of hydrogen-bond donors (Lipinski definition) is 1. The van der Waals surface area contributed by atoms with Crippen molar-refractivity contribution < 1.29 is 14.7 Å². The van der Waals surface area contributed by atoms with Gasteiger partial charge in [-0.05, 0) is 30.9 Å². The van der Waals surface area contributed by atoms with E-state index in [1.54, 1.807) is 11.8 Å². The maximum Gasteiger partial charge on any atom is 0.290 e. The third-order valence-corrected chi connectivity index (χ3v) is 6.66. The summed E-state index contributed by atoms with van der Waals surface area (Å²) < 4.78 is 0. The highest BCUT2D eigenvalue weighted by Gasteiger charge is 2.44. The molecule has 0 bridgehead atoms. The maximum atomic E-state index is 13.3. The lowest BCUT2D eigenvalue weighted by Crippen LogP contribution is -2.30. The zero-order valence-corrected chi connectivity index (χ0v) is 17.0. The first-order valence-electron chi connectivity index (χ1n) is 8.77. The van der Waals surface area contributed by atoms with E-state index >= 15 is 0 Å². The lowest BCUT2D eigenvalue weighted by Gasteiger charge is -2.25. The molecule has 1 amide bonds. The fourth-order valence-corrected chi connectivity index (χ4v) is 5.16. The molecule has 0 spiro atoms. The fourth-order valence-electron chi connectivity index (χ4n) is 3.44. The van der Waals surface area contributed by atoms with Crippen molar-refractivity contribution in [2.45, 2.75) is 26.4 Å². The quantitative estimate of drug-likeness (QED) is 0.624. The molecule has 1 aliphatic heterocycles. The Morgan fingerprint density at radius 3 is 2.54 bits per heavy atom. The van der Waals surface area contributed by atoms with Gasteiger partial charge in [-0.3, -0.25) is 9.59 Å². The van der Waals surface area contributed by atoms with Crippen LogP contribution in [0.3, 0.4) is 0 Å². The average Bonchev–Trinajstić information content (AvgIpc) is 3.37. The van der Waals surface area contributed by atoms with Crippen molar-refractivity contribution in [1.82, 2.24) is 9.88 Å². The van der Waals surface area contributed by atoms with Crippen molar-refractivity contribution in [1.29, 1.82) is 0 Å². The van der Waals surface area contributed by atoms with Gasteiger partial charge in [0.2, 0.25) is 5.78 Å². The van der Waals surface area contributed by atoms with E-state index in [0.29, 0.717) is 17.1 Å². The van der Waals surface area contributed by atoms with Crippen LogP contribution in [0.15, 0.2) is 59.2 Å². The number of thiophene rings is 1. The fraction of sp³-hybridized carbons (Fsp3) is 0.190. The largest absolute Gasteiger partial charge is 0.503 e. The van der Waals surface area contributed by atoms with E-state index in [0.717, 1.165) is 15.4 Å². The average molecular weight is 411 g/mol. The summed E-state index contributed by atoms with van der Waals surface area (Å²) in [7, 11) is 0. The van der Waals surface area contributed by atoms with Crippen LogP contribution in [0.1, 0.15) is 36.9 Å². The van der Waals surface area contributed by atoms with E-state index in [2.05, 4.69) is 4.98 Å². The van der Waals surface area contributed by atoms with Gasteiger partial charge in [0.15, 0.2) is 5.76 Å². The first-order chi connectivity index (χ1) is 13.5. The van der Waals surface area contributed by atoms with Crippen LogP contribution in [0.5, 0.6) is 0 Å². The number of benzene rings is 1. The van der Waals surface area contributed by atoms with Crippen molar-refractivity contribution in [3.63, 3.8) is 0 Å². The third kappa shape index (κ3) is 3.16. The molecule has 1 aliphatic rings. The molecule has 5 nitrogen and oxygen atoms in total. The molecule has 3 aromatic rings. The summed E-state index contributed by atoms with van der Waals surface area (Å²) >= 11 is 2.75. The highest BCUT2D eigenvalue weighted by atomic mass is 32.1. The van der Waals surface area contributed by atoms with Crippen LogP contribution in [0.2, 0.25) is 0 Å². The van der Waals surface area contributed by atoms with Crippen molar-refractivity contribution >= 4 is 34.4 Å². The Bertz CT molecular complexity index is 1070. The maximum absolute atomic E-state index is 13.3. The molecule has 1 unspecified atom stereocenters. The summed E-state index contributed by atoms with van der Waals surface area (Å²) in [5, 5.41) is 13.3. The van der Waals surface area contributed by atoms with Crippen LogP contribution < -0.4 is 0 Å². The highest BCUT2D eigenvalue weighted by molar-refractivity contribution is 7.14. The van der Waals surface area contributed by atoms with E-state index in [1.807, 2.05) is 54.8 Å². The zero-order valence-electron chi connectivity index (χ0n) is 15.4. The molecule has 0 fully saturated rings. The van der Waals surface area contributed by atoms with Gasteiger partial charge in [0.1, 0.15) is 6.04 Å². The van der Waals surface area contributed by atoms with Crippen molar-refractivity contribution in [3.8, 4) is 0 Å². The number of Topliss-reactive ketones (excluding diaryl/α,β-unsaturated/α-hetero) is 1. The standard InChI is InChI=1S/C21H18N2O3S2/c1-12-20(28-13(2)22-12)18(24)16-17(15-9-6-10-27-15)23(21(26)19(16)25)11-14-7-4-3-5-8-14/h3-10,17,25H,11H2,1-2H3. The zero-order chi connectivity index (χ0) is 19.8. The van der Waals surface area contributed by atoms with E-state index in [9.17, 15) is 14.7 Å². The van der Waals surface area contributed by atoms with Crippen LogP contribution in [0, 0.1) is 13.8 Å². The minimum atomic E-state index is -0.609. The molecule has 0 saturated heterocycles. The predicted molar refractivity (Wildman–Crippen MR) is 110 cm³/mol. The molecule has 1 N–H and O–H groups in total. The van der Waals surface area contributed by atoms with Crippen molar-refractivity contribution in [2.75, 3.05) is 0 Å². The van der Waals surface area contributed by atoms with Gasteiger partial charge in [0.25, 0.3) is 5.91 Å². The molecule has 1 aromatic carbocycles. The first-order valence-corrected chi connectivity index (χ1v) is 10.5. The minimum Gasteiger partial charge on any atom is -0.503 e. The van der Waals surface area contributed by atoms with Gasteiger partial charge in [0, 0.05) is 11.4 Å². The molecule has 0 saturated carbocycles. The normalized spacial score (nSPS) is 16.9. The van der Waals surface area contributed by atoms with E-state index < -0.39 is 17.7 Å². The molecular weight excluding hydrogens is 392 g/mol. The highest BCUT2D eigenvalue weighted by Crippen LogP contribution is 2.42. The number of carbonyl (C=O) groups is 2. The monoisotopic (exact) mass is 410 g/mol. The summed E-state index contributed by atoms with van der Waals surface area (Å²) in [5.74, 6) is -1.32. The van der Waals surface area contributed by atoms with Crippen LogP contribution >= 0.6 is 22.7 Å². The van der Waals surface area contributed by atoms with Crippen LogP contribution in [0.25, 0.3) is 0 Å². The van der Waals surface area contributed by atoms with Crippen LogP contribution in [-0.4, -0.2) is 26.7 Å². The molecule has 4 rings (SSSR count). The second kappa shape index (κ2) is 7.33. The van der Waals surface area contributed by atoms with E-state index in [-0.39, 0.29) is 11.4 Å². The van der Waals surface area contributed by atoms with Crippen LogP contribution in [-0.2, 0) is 11.3 Å². The Labute approximate surface area is 170 Å². The lowest BCUT2D eigenvalue weighted by atomic mass is 10.00. The van der Waals surface area contributed by atoms with Gasteiger partial charge in [-0.1, -0.05) is 36.4 Å². The molecule has 1 atom stereocenters. The molecular formula is C21H18N2O3S2. The van der Waals surface area contributed by atoms with Crippen molar-refractivity contribution in [2.24, 2.45) is 0 Å². The van der Waals surface area contributed by atoms with Crippen molar-refractivity contribution in [3.05, 3.63) is 85.2 Å². The molecule has 0 aliphatic carbocycles. The number of aryl methyl sites for hydroxylation is 2.